The molecule has 2 heterocycles. The van der Waals surface area contributed by atoms with Gasteiger partial charge in [-0.15, -0.1) is 0 Å². The average Bonchev–Trinajstić information content (AvgIpc) is 2.53. The molecule has 0 saturated carbocycles. The lowest BCUT2D eigenvalue weighted by Crippen LogP contribution is -2.30. The van der Waals surface area contributed by atoms with Crippen molar-refractivity contribution in [3.63, 3.8) is 0 Å². The highest BCUT2D eigenvalue weighted by Gasteiger charge is 2.30. The fraction of sp³-hybridized carbons (Fsp3) is 0.588. The predicted molar refractivity (Wildman–Crippen MR) is 82.7 cm³/mol. The number of carbonyl (C=O) groups is 2. The monoisotopic (exact) mass is 321 g/mol. The summed E-state index contributed by atoms with van der Waals surface area (Å²) >= 11 is 0. The summed E-state index contributed by atoms with van der Waals surface area (Å²) in [5.74, 6) is -0.816. The summed E-state index contributed by atoms with van der Waals surface area (Å²) in [7, 11) is 0. The summed E-state index contributed by atoms with van der Waals surface area (Å²) in [4.78, 5) is 27.5. The van der Waals surface area contributed by atoms with Crippen molar-refractivity contribution in [3.8, 4) is 0 Å². The van der Waals surface area contributed by atoms with Crippen LogP contribution in [0, 0.1) is 18.8 Å². The Bertz CT molecular complexity index is 550. The SMILES string of the molecule is Cc1cc([C@@H]2CC[C@@H](C(=O)OC(=O)OCC(C)C)CO2)ccn1. The van der Waals surface area contributed by atoms with Gasteiger partial charge in [-0.25, -0.2) is 4.79 Å². The molecule has 1 aliphatic heterocycles. The molecule has 0 amide bonds. The van der Waals surface area contributed by atoms with Gasteiger partial charge in [-0.3, -0.25) is 9.78 Å². The molecule has 1 fully saturated rings. The smallest absolute Gasteiger partial charge is 0.434 e. The third-order valence-corrected chi connectivity index (χ3v) is 3.62. The van der Waals surface area contributed by atoms with Gasteiger partial charge >= 0.3 is 12.1 Å². The third kappa shape index (κ3) is 5.32. The molecule has 6 nitrogen and oxygen atoms in total. The van der Waals surface area contributed by atoms with E-state index in [1.807, 2.05) is 32.9 Å². The Labute approximate surface area is 136 Å². The second-order valence-corrected chi connectivity index (χ2v) is 6.20. The average molecular weight is 321 g/mol. The third-order valence-electron chi connectivity index (χ3n) is 3.62. The Morgan fingerprint density at radius 1 is 1.39 bits per heavy atom. The van der Waals surface area contributed by atoms with Crippen LogP contribution >= 0.6 is 0 Å². The van der Waals surface area contributed by atoms with Crippen molar-refractivity contribution in [1.29, 1.82) is 0 Å². The molecule has 6 heteroatoms. The molecule has 0 aliphatic carbocycles. The van der Waals surface area contributed by atoms with Crippen molar-refractivity contribution in [2.45, 2.75) is 39.7 Å². The van der Waals surface area contributed by atoms with E-state index in [-0.39, 0.29) is 25.2 Å². The van der Waals surface area contributed by atoms with Crippen LogP contribution in [0.1, 0.15) is 44.1 Å². The maximum Gasteiger partial charge on any atom is 0.516 e. The van der Waals surface area contributed by atoms with Gasteiger partial charge in [0.05, 0.1) is 25.2 Å². The molecule has 0 spiro atoms. The van der Waals surface area contributed by atoms with Gasteiger partial charge in [-0.05, 0) is 43.4 Å². The molecule has 2 atom stereocenters. The maximum absolute atomic E-state index is 11.9. The van der Waals surface area contributed by atoms with Crippen LogP contribution in [0.4, 0.5) is 4.79 Å². The molecular weight excluding hydrogens is 298 g/mol. The van der Waals surface area contributed by atoms with E-state index in [2.05, 4.69) is 4.98 Å². The van der Waals surface area contributed by atoms with Crippen molar-refractivity contribution in [1.82, 2.24) is 4.98 Å². The molecule has 0 unspecified atom stereocenters. The molecule has 0 bridgehead atoms. The van der Waals surface area contributed by atoms with Gasteiger partial charge in [0.15, 0.2) is 0 Å². The molecule has 0 N–H and O–H groups in total. The highest BCUT2D eigenvalue weighted by Crippen LogP contribution is 2.31. The first kappa shape index (κ1) is 17.4. The van der Waals surface area contributed by atoms with Crippen molar-refractivity contribution in [3.05, 3.63) is 29.6 Å². The molecule has 1 aromatic rings. The lowest BCUT2D eigenvalue weighted by atomic mass is 9.95. The topological polar surface area (TPSA) is 74.7 Å². The van der Waals surface area contributed by atoms with Gasteiger partial charge in [0, 0.05) is 11.9 Å². The summed E-state index contributed by atoms with van der Waals surface area (Å²) in [6.45, 7) is 6.21. The fourth-order valence-electron chi connectivity index (χ4n) is 2.40. The Morgan fingerprint density at radius 2 is 2.17 bits per heavy atom. The quantitative estimate of drug-likeness (QED) is 0.626. The molecule has 126 valence electrons. The highest BCUT2D eigenvalue weighted by atomic mass is 16.7. The van der Waals surface area contributed by atoms with Crippen LogP contribution < -0.4 is 0 Å². The highest BCUT2D eigenvalue weighted by molar-refractivity contribution is 5.83. The number of pyridine rings is 1. The zero-order valence-corrected chi connectivity index (χ0v) is 13.8. The molecule has 23 heavy (non-hydrogen) atoms. The van der Waals surface area contributed by atoms with E-state index in [1.54, 1.807) is 6.20 Å². The van der Waals surface area contributed by atoms with E-state index in [9.17, 15) is 9.59 Å². The van der Waals surface area contributed by atoms with E-state index >= 15 is 0 Å². The van der Waals surface area contributed by atoms with E-state index in [0.29, 0.717) is 12.8 Å². The van der Waals surface area contributed by atoms with Crippen LogP contribution in [0.3, 0.4) is 0 Å². The molecule has 1 aromatic heterocycles. The number of aryl methyl sites for hydroxylation is 1. The first-order chi connectivity index (χ1) is 11.0. The van der Waals surface area contributed by atoms with Gasteiger partial charge in [0.1, 0.15) is 0 Å². The molecule has 1 saturated heterocycles. The Hall–Kier alpha value is -1.95. The largest absolute Gasteiger partial charge is 0.516 e. The van der Waals surface area contributed by atoms with E-state index in [4.69, 9.17) is 14.2 Å². The summed E-state index contributed by atoms with van der Waals surface area (Å²) in [6.07, 6.45) is 2.08. The van der Waals surface area contributed by atoms with E-state index in [0.717, 1.165) is 11.3 Å². The Kier molecular flexibility index (Phi) is 6.10. The number of hydrogen-bond acceptors (Lipinski definition) is 6. The number of aromatic nitrogens is 1. The zero-order chi connectivity index (χ0) is 16.8. The van der Waals surface area contributed by atoms with E-state index in [1.165, 1.54) is 0 Å². The second kappa shape index (κ2) is 8.06. The lowest BCUT2D eigenvalue weighted by molar-refractivity contribution is -0.151. The normalized spacial score (nSPS) is 21.0. The van der Waals surface area contributed by atoms with Crippen molar-refractivity contribution >= 4 is 12.1 Å². The van der Waals surface area contributed by atoms with Crippen LogP contribution in [0.25, 0.3) is 0 Å². The standard InChI is InChI=1S/C17H23NO5/c1-11(2)9-22-17(20)23-16(19)14-4-5-15(21-10-14)13-6-7-18-12(3)8-13/h6-8,11,14-15H,4-5,9-10H2,1-3H3/t14-,15+/m1/s1. The van der Waals surface area contributed by atoms with Crippen LogP contribution in [-0.2, 0) is 19.0 Å². The van der Waals surface area contributed by atoms with Crippen molar-refractivity contribution < 1.29 is 23.8 Å². The number of esters is 1. The number of rotatable bonds is 4. The minimum absolute atomic E-state index is 0.0476. The minimum atomic E-state index is -0.935. The lowest BCUT2D eigenvalue weighted by Gasteiger charge is -2.27. The van der Waals surface area contributed by atoms with Crippen molar-refractivity contribution in [2.24, 2.45) is 11.8 Å². The summed E-state index contributed by atoms with van der Waals surface area (Å²) < 4.78 is 15.3. The minimum Gasteiger partial charge on any atom is -0.434 e. The van der Waals surface area contributed by atoms with Crippen LogP contribution in [0.15, 0.2) is 18.3 Å². The first-order valence-electron chi connectivity index (χ1n) is 7.88. The number of hydrogen-bond donors (Lipinski definition) is 0. The first-order valence-corrected chi connectivity index (χ1v) is 7.88. The van der Waals surface area contributed by atoms with Crippen LogP contribution in [-0.4, -0.2) is 30.3 Å². The summed E-state index contributed by atoms with van der Waals surface area (Å²) in [5.41, 5.74) is 1.99. The zero-order valence-electron chi connectivity index (χ0n) is 13.8. The van der Waals surface area contributed by atoms with Gasteiger partial charge < -0.3 is 14.2 Å². The Balaban J connectivity index is 1.79. The van der Waals surface area contributed by atoms with Crippen LogP contribution in [0.5, 0.6) is 0 Å². The van der Waals surface area contributed by atoms with Crippen LogP contribution in [0.2, 0.25) is 0 Å². The molecule has 2 rings (SSSR count). The molecule has 0 aromatic carbocycles. The second-order valence-electron chi connectivity index (χ2n) is 6.20. The number of carbonyl (C=O) groups excluding carboxylic acids is 2. The number of ether oxygens (including phenoxy) is 3. The van der Waals surface area contributed by atoms with E-state index < -0.39 is 18.0 Å². The molecular formula is C17H23NO5. The summed E-state index contributed by atoms with van der Waals surface area (Å²) in [6, 6.07) is 3.90. The molecule has 0 radical (unpaired) electrons. The predicted octanol–water partition coefficient (Wildman–Crippen LogP) is 3.19. The van der Waals surface area contributed by atoms with Gasteiger partial charge in [0.25, 0.3) is 0 Å². The van der Waals surface area contributed by atoms with Gasteiger partial charge in [0.2, 0.25) is 0 Å². The molecule has 1 aliphatic rings. The van der Waals surface area contributed by atoms with Gasteiger partial charge in [-0.2, -0.15) is 0 Å². The number of nitrogens with zero attached hydrogens (tertiary/aromatic N) is 1. The Morgan fingerprint density at radius 3 is 2.78 bits per heavy atom. The summed E-state index contributed by atoms with van der Waals surface area (Å²) in [5, 5.41) is 0. The van der Waals surface area contributed by atoms with Crippen molar-refractivity contribution in [2.75, 3.05) is 13.2 Å². The van der Waals surface area contributed by atoms with Gasteiger partial charge in [-0.1, -0.05) is 13.8 Å². The fourth-order valence-corrected chi connectivity index (χ4v) is 2.40. The maximum atomic E-state index is 11.9.